The molecule has 0 fully saturated rings. The highest BCUT2D eigenvalue weighted by atomic mass is 35.5. The van der Waals surface area contributed by atoms with Gasteiger partial charge in [-0.25, -0.2) is 8.42 Å². The van der Waals surface area contributed by atoms with Crippen LogP contribution in [0.1, 0.15) is 27.2 Å². The van der Waals surface area contributed by atoms with Gasteiger partial charge in [0.2, 0.25) is 10.0 Å². The summed E-state index contributed by atoms with van der Waals surface area (Å²) in [5, 5.41) is 9.17. The molecule has 118 valence electrons. The van der Waals surface area contributed by atoms with Gasteiger partial charge in [0.05, 0.1) is 21.4 Å². The van der Waals surface area contributed by atoms with Crippen molar-refractivity contribution in [2.24, 2.45) is 0 Å². The zero-order chi connectivity index (χ0) is 16.4. The number of halogens is 2. The first kappa shape index (κ1) is 18.2. The van der Waals surface area contributed by atoms with Gasteiger partial charge in [-0.2, -0.15) is 4.31 Å². The summed E-state index contributed by atoms with van der Waals surface area (Å²) in [4.78, 5) is 10.7. The molecule has 0 atom stereocenters. The smallest absolute Gasteiger partial charge is 0.304 e. The molecule has 0 aromatic heterocycles. The second-order valence-corrected chi connectivity index (χ2v) is 8.14. The van der Waals surface area contributed by atoms with Crippen molar-refractivity contribution in [1.29, 1.82) is 0 Å². The van der Waals surface area contributed by atoms with Crippen molar-refractivity contribution in [3.8, 4) is 0 Å². The molecule has 8 heteroatoms. The lowest BCUT2D eigenvalue weighted by molar-refractivity contribution is -0.137. The maximum Gasteiger partial charge on any atom is 0.304 e. The van der Waals surface area contributed by atoms with Crippen molar-refractivity contribution < 1.29 is 18.3 Å². The standard InChI is InChI=1S/C13H17Cl2NO4S/c1-13(2,3)16(7-6-12(17)18)21(19,20)9-4-5-10(14)11(15)8-9/h4-5,8H,6-7H2,1-3H3,(H,17,18). The summed E-state index contributed by atoms with van der Waals surface area (Å²) in [6.07, 6.45) is -0.280. The number of rotatable bonds is 5. The summed E-state index contributed by atoms with van der Waals surface area (Å²) in [5.74, 6) is -1.06. The molecule has 0 bridgehead atoms. The van der Waals surface area contributed by atoms with Crippen molar-refractivity contribution in [1.82, 2.24) is 4.31 Å². The number of carboxylic acids is 1. The van der Waals surface area contributed by atoms with Gasteiger partial charge in [0.15, 0.2) is 0 Å². The molecule has 21 heavy (non-hydrogen) atoms. The Balaban J connectivity index is 3.26. The van der Waals surface area contributed by atoms with Gasteiger partial charge in [-0.15, -0.1) is 0 Å². The third-order valence-electron chi connectivity index (χ3n) is 2.76. The van der Waals surface area contributed by atoms with Gasteiger partial charge < -0.3 is 5.11 Å². The summed E-state index contributed by atoms with van der Waals surface area (Å²) in [6.45, 7) is 4.97. The van der Waals surface area contributed by atoms with E-state index in [0.717, 1.165) is 4.31 Å². The lowest BCUT2D eigenvalue weighted by Gasteiger charge is -2.34. The molecule has 0 unspecified atom stereocenters. The minimum Gasteiger partial charge on any atom is -0.481 e. The molecule has 0 aliphatic rings. The lowest BCUT2D eigenvalue weighted by Crippen LogP contribution is -2.46. The highest BCUT2D eigenvalue weighted by molar-refractivity contribution is 7.89. The van der Waals surface area contributed by atoms with Crippen molar-refractivity contribution in [2.45, 2.75) is 37.6 Å². The third kappa shape index (κ3) is 4.57. The fourth-order valence-electron chi connectivity index (χ4n) is 1.78. The molecule has 0 saturated carbocycles. The molecule has 0 spiro atoms. The van der Waals surface area contributed by atoms with Crippen LogP contribution in [0.2, 0.25) is 10.0 Å². The van der Waals surface area contributed by atoms with E-state index in [1.807, 2.05) is 0 Å². The van der Waals surface area contributed by atoms with Crippen LogP contribution in [-0.4, -0.2) is 35.9 Å². The van der Waals surface area contributed by atoms with Crippen LogP contribution >= 0.6 is 23.2 Å². The minimum atomic E-state index is -3.87. The lowest BCUT2D eigenvalue weighted by atomic mass is 10.1. The van der Waals surface area contributed by atoms with Gasteiger partial charge in [0.1, 0.15) is 0 Å². The quantitative estimate of drug-likeness (QED) is 0.881. The molecule has 1 aromatic rings. The van der Waals surface area contributed by atoms with E-state index in [1.165, 1.54) is 18.2 Å². The highest BCUT2D eigenvalue weighted by Crippen LogP contribution is 2.29. The molecule has 0 radical (unpaired) electrons. The second kappa shape index (κ2) is 6.52. The normalized spacial score (nSPS) is 12.7. The zero-order valence-corrected chi connectivity index (χ0v) is 14.3. The molecular formula is C13H17Cl2NO4S. The van der Waals surface area contributed by atoms with E-state index in [2.05, 4.69) is 0 Å². The van der Waals surface area contributed by atoms with Crippen molar-refractivity contribution in [3.05, 3.63) is 28.2 Å². The van der Waals surface area contributed by atoms with Gasteiger partial charge in [-0.05, 0) is 39.0 Å². The predicted molar refractivity (Wildman–Crippen MR) is 82.4 cm³/mol. The van der Waals surface area contributed by atoms with Crippen molar-refractivity contribution >= 4 is 39.2 Å². The number of carboxylic acid groups (broad SMARTS) is 1. The first-order chi connectivity index (χ1) is 9.46. The molecule has 1 N–H and O–H groups in total. The van der Waals surface area contributed by atoms with Crippen LogP contribution in [0, 0.1) is 0 Å². The van der Waals surface area contributed by atoms with Crippen LogP contribution in [0.3, 0.4) is 0 Å². The SMILES string of the molecule is CC(C)(C)N(CCC(=O)O)S(=O)(=O)c1ccc(Cl)c(Cl)c1. The number of hydrogen-bond acceptors (Lipinski definition) is 3. The van der Waals surface area contributed by atoms with Crippen molar-refractivity contribution in [2.75, 3.05) is 6.54 Å². The number of sulfonamides is 1. The molecule has 0 amide bonds. The maximum atomic E-state index is 12.7. The van der Waals surface area contributed by atoms with Crippen LogP contribution in [0.4, 0.5) is 0 Å². The molecule has 0 saturated heterocycles. The summed E-state index contributed by atoms with van der Waals surface area (Å²) in [6, 6.07) is 4.01. The Morgan fingerprint density at radius 1 is 1.24 bits per heavy atom. The van der Waals surface area contributed by atoms with E-state index in [0.29, 0.717) is 0 Å². The van der Waals surface area contributed by atoms with E-state index in [1.54, 1.807) is 20.8 Å². The van der Waals surface area contributed by atoms with Crippen LogP contribution in [-0.2, 0) is 14.8 Å². The van der Waals surface area contributed by atoms with Gasteiger partial charge in [0.25, 0.3) is 0 Å². The second-order valence-electron chi connectivity index (χ2n) is 5.47. The molecule has 0 aliphatic carbocycles. The number of benzene rings is 1. The zero-order valence-electron chi connectivity index (χ0n) is 11.9. The molecule has 0 heterocycles. The summed E-state index contributed by atoms with van der Waals surface area (Å²) >= 11 is 11.6. The van der Waals surface area contributed by atoms with Crippen molar-refractivity contribution in [3.63, 3.8) is 0 Å². The fraction of sp³-hybridized carbons (Fsp3) is 0.462. The first-order valence-corrected chi connectivity index (χ1v) is 8.35. The molecule has 1 rings (SSSR count). The maximum absolute atomic E-state index is 12.7. The van der Waals surface area contributed by atoms with E-state index < -0.39 is 21.5 Å². The Morgan fingerprint density at radius 3 is 2.24 bits per heavy atom. The fourth-order valence-corrected chi connectivity index (χ4v) is 3.95. The van der Waals surface area contributed by atoms with E-state index in [4.69, 9.17) is 28.3 Å². The third-order valence-corrected chi connectivity index (χ3v) is 5.66. The summed E-state index contributed by atoms with van der Waals surface area (Å²) < 4.78 is 26.5. The molecule has 5 nitrogen and oxygen atoms in total. The van der Waals surface area contributed by atoms with E-state index in [9.17, 15) is 13.2 Å². The minimum absolute atomic E-state index is 0.0165. The average molecular weight is 354 g/mol. The summed E-state index contributed by atoms with van der Waals surface area (Å²) in [5.41, 5.74) is -0.763. The Hall–Kier alpha value is -0.820. The van der Waals surface area contributed by atoms with E-state index >= 15 is 0 Å². The van der Waals surface area contributed by atoms with Crippen LogP contribution in [0.25, 0.3) is 0 Å². The Kier molecular flexibility index (Phi) is 5.66. The molecule has 0 aliphatic heterocycles. The Bertz CT molecular complexity index is 638. The number of carbonyl (C=O) groups is 1. The predicted octanol–water partition coefficient (Wildman–Crippen LogP) is 3.26. The van der Waals surface area contributed by atoms with Crippen LogP contribution in [0.5, 0.6) is 0 Å². The molecule has 1 aromatic carbocycles. The summed E-state index contributed by atoms with van der Waals surface area (Å²) in [7, 11) is -3.87. The van der Waals surface area contributed by atoms with Gasteiger partial charge in [0, 0.05) is 12.1 Å². The van der Waals surface area contributed by atoms with Gasteiger partial charge in [-0.3, -0.25) is 4.79 Å². The van der Waals surface area contributed by atoms with Gasteiger partial charge in [-0.1, -0.05) is 23.2 Å². The van der Waals surface area contributed by atoms with Crippen LogP contribution in [0.15, 0.2) is 23.1 Å². The van der Waals surface area contributed by atoms with E-state index in [-0.39, 0.29) is 27.9 Å². The Labute approximate surface area is 134 Å². The topological polar surface area (TPSA) is 74.7 Å². The number of nitrogens with zero attached hydrogens (tertiary/aromatic N) is 1. The largest absolute Gasteiger partial charge is 0.481 e. The molecular weight excluding hydrogens is 337 g/mol. The number of hydrogen-bond donors (Lipinski definition) is 1. The highest BCUT2D eigenvalue weighted by Gasteiger charge is 2.34. The number of aliphatic carboxylic acids is 1. The van der Waals surface area contributed by atoms with Gasteiger partial charge >= 0.3 is 5.97 Å². The monoisotopic (exact) mass is 353 g/mol. The Morgan fingerprint density at radius 2 is 1.81 bits per heavy atom. The van der Waals surface area contributed by atoms with Crippen LogP contribution < -0.4 is 0 Å². The average Bonchev–Trinajstić information content (AvgIpc) is 2.30. The first-order valence-electron chi connectivity index (χ1n) is 6.16.